The Morgan fingerprint density at radius 2 is 1.59 bits per heavy atom. The van der Waals surface area contributed by atoms with Crippen LogP contribution in [0, 0.1) is 41.4 Å². The molecule has 5 aliphatic rings. The first-order valence-electron chi connectivity index (χ1n) is 24.0. The van der Waals surface area contributed by atoms with E-state index in [1.54, 1.807) is 6.92 Å². The molecule has 6 rings (SSSR count). The van der Waals surface area contributed by atoms with E-state index in [4.69, 9.17) is 28.4 Å². The summed E-state index contributed by atoms with van der Waals surface area (Å²) in [5.41, 5.74) is -0.857. The molecule has 4 N–H and O–H groups in total. The molecule has 0 bridgehead atoms. The van der Waals surface area contributed by atoms with E-state index in [1.807, 2.05) is 84.0 Å². The number of aliphatic hydroxyl groups is 2. The zero-order valence-corrected chi connectivity index (χ0v) is 39.4. The molecular weight excluding hydrogens is 807 g/mol. The lowest BCUT2D eigenvalue weighted by Crippen LogP contribution is -2.63. The minimum atomic E-state index is -1.46. The van der Waals surface area contributed by atoms with Crippen molar-refractivity contribution < 1.29 is 58.1 Å². The molecule has 354 valence electrons. The molecule has 13 nitrogen and oxygen atoms in total. The highest BCUT2D eigenvalue weighted by atomic mass is 16.8. The van der Waals surface area contributed by atoms with Crippen molar-refractivity contribution in [2.75, 3.05) is 0 Å². The van der Waals surface area contributed by atoms with Gasteiger partial charge in [-0.05, 0) is 101 Å². The highest BCUT2D eigenvalue weighted by molar-refractivity contribution is 5.84. The second-order valence-electron chi connectivity index (χ2n) is 20.1. The number of rotatable bonds is 15. The fourth-order valence-corrected chi connectivity index (χ4v) is 11.5. The summed E-state index contributed by atoms with van der Waals surface area (Å²) in [4.78, 5) is 40.2. The molecule has 1 aromatic carbocycles. The lowest BCUT2D eigenvalue weighted by molar-refractivity contribution is -0.408. The molecular formula is C50H77NO12. The minimum Gasteiger partial charge on any atom is -0.481 e. The van der Waals surface area contributed by atoms with Crippen LogP contribution in [-0.2, 0) is 44.6 Å². The number of ether oxygens (including phenoxy) is 6. The fourth-order valence-electron chi connectivity index (χ4n) is 11.5. The third-order valence-corrected chi connectivity index (χ3v) is 15.9. The molecule has 1 aromatic rings. The first kappa shape index (κ1) is 49.5. The Morgan fingerprint density at radius 3 is 2.22 bits per heavy atom. The number of nitrogens with one attached hydrogen (secondary N) is 1. The summed E-state index contributed by atoms with van der Waals surface area (Å²) in [6.45, 7) is 19.8. The number of hydrogen-bond acceptors (Lipinski definition) is 11. The van der Waals surface area contributed by atoms with Gasteiger partial charge in [-0.25, -0.2) is 4.79 Å². The van der Waals surface area contributed by atoms with E-state index in [0.717, 1.165) is 12.0 Å². The quantitative estimate of drug-likeness (QED) is 0.125. The summed E-state index contributed by atoms with van der Waals surface area (Å²) in [6, 6.07) is 9.58. The predicted octanol–water partition coefficient (Wildman–Crippen LogP) is 8.12. The number of carbonyl (C=O) groups is 3. The number of alkyl carbamates (subject to hydrolysis) is 1. The standard InChI is InChI=1S/C50H77NO12/c1-11-36(45(54)55)38-20-19-29(4)43(59-38)33(8)41(52)32(7)42(53)37(12-2)44-30(5)27-31(6)49(61-44)24-22-40(60-46(56)51-28-35-17-15-14-16-18-35)50(63-49)26-25-47(10,62-50)39-21-23-48(57,13-3)34(9)58-39/h14-18,22,24,29-34,36-41,43-44,52,57H,11-13,19-21,23,25-28H2,1-10H3,(H,51,56)(H,54,55)/t29?,30-,31+,32-,33-,34-,36+,37-,38+,39+,40+,41+,43+,44-,47-,48+,49-,50-/m0/s1. The number of Topliss-reactive ketones (excluding diaryl/α,β-unsaturated/α-hetero) is 1. The average molecular weight is 884 g/mol. The van der Waals surface area contributed by atoms with Crippen LogP contribution < -0.4 is 5.32 Å². The molecule has 0 radical (unpaired) electrons. The summed E-state index contributed by atoms with van der Waals surface area (Å²) < 4.78 is 40.6. The number of hydrogen-bond donors (Lipinski definition) is 4. The summed E-state index contributed by atoms with van der Waals surface area (Å²) in [6.07, 6.45) is 4.44. The van der Waals surface area contributed by atoms with Gasteiger partial charge in [0.05, 0.1) is 53.7 Å². The van der Waals surface area contributed by atoms with E-state index in [0.29, 0.717) is 57.8 Å². The summed E-state index contributed by atoms with van der Waals surface area (Å²) in [5, 5.41) is 35.8. The van der Waals surface area contributed by atoms with Gasteiger partial charge in [-0.1, -0.05) is 85.7 Å². The Labute approximate surface area is 375 Å². The van der Waals surface area contributed by atoms with Crippen LogP contribution in [0.5, 0.6) is 0 Å². The molecule has 4 fully saturated rings. The number of aliphatic carboxylic acids is 1. The van der Waals surface area contributed by atoms with Crippen LogP contribution in [0.3, 0.4) is 0 Å². The highest BCUT2D eigenvalue weighted by Gasteiger charge is 2.64. The molecule has 4 saturated heterocycles. The van der Waals surface area contributed by atoms with Crippen molar-refractivity contribution in [3.63, 3.8) is 0 Å². The number of aliphatic hydroxyl groups excluding tert-OH is 1. The van der Waals surface area contributed by atoms with Crippen LogP contribution >= 0.6 is 0 Å². The first-order chi connectivity index (χ1) is 29.8. The summed E-state index contributed by atoms with van der Waals surface area (Å²) in [5.74, 6) is -6.31. The fraction of sp³-hybridized carbons (Fsp3) is 0.780. The van der Waals surface area contributed by atoms with Crippen molar-refractivity contribution in [3.05, 3.63) is 48.0 Å². The third-order valence-electron chi connectivity index (χ3n) is 15.9. The van der Waals surface area contributed by atoms with Crippen LogP contribution in [0.4, 0.5) is 4.79 Å². The smallest absolute Gasteiger partial charge is 0.408 e. The van der Waals surface area contributed by atoms with Gasteiger partial charge in [0.25, 0.3) is 0 Å². The van der Waals surface area contributed by atoms with Crippen molar-refractivity contribution >= 4 is 17.8 Å². The van der Waals surface area contributed by atoms with E-state index >= 15 is 0 Å². The monoisotopic (exact) mass is 884 g/mol. The maximum atomic E-state index is 14.7. The normalized spacial score (nSPS) is 40.5. The third kappa shape index (κ3) is 10.1. The number of amides is 1. The van der Waals surface area contributed by atoms with Gasteiger partial charge in [0.2, 0.25) is 5.79 Å². The van der Waals surface area contributed by atoms with Gasteiger partial charge in [-0.15, -0.1) is 0 Å². The lowest BCUT2D eigenvalue weighted by Gasteiger charge is -2.54. The molecule has 63 heavy (non-hydrogen) atoms. The predicted molar refractivity (Wildman–Crippen MR) is 236 cm³/mol. The molecule has 0 aromatic heterocycles. The second kappa shape index (κ2) is 19.9. The Kier molecular flexibility index (Phi) is 15.6. The van der Waals surface area contributed by atoms with Crippen molar-refractivity contribution in [2.45, 2.75) is 205 Å². The average Bonchev–Trinajstić information content (AvgIpc) is 3.60. The van der Waals surface area contributed by atoms with Crippen LogP contribution in [0.1, 0.15) is 139 Å². The highest BCUT2D eigenvalue weighted by Crippen LogP contribution is 2.54. The van der Waals surface area contributed by atoms with Gasteiger partial charge in [0.1, 0.15) is 5.78 Å². The number of carboxylic acid groups (broad SMARTS) is 1. The van der Waals surface area contributed by atoms with Crippen LogP contribution in [0.15, 0.2) is 42.5 Å². The lowest BCUT2D eigenvalue weighted by atomic mass is 9.72. The molecule has 1 unspecified atom stereocenters. The molecule has 1 amide bonds. The van der Waals surface area contributed by atoms with Crippen LogP contribution in [0.25, 0.3) is 0 Å². The van der Waals surface area contributed by atoms with Gasteiger partial charge in [0, 0.05) is 36.6 Å². The molecule has 0 aliphatic carbocycles. The molecule has 2 spiro atoms. The molecule has 18 atom stereocenters. The van der Waals surface area contributed by atoms with Crippen LogP contribution in [-0.4, -0.2) is 98.7 Å². The van der Waals surface area contributed by atoms with E-state index in [-0.39, 0.29) is 36.2 Å². The van der Waals surface area contributed by atoms with E-state index in [9.17, 15) is 29.7 Å². The minimum absolute atomic E-state index is 0.0411. The Balaban J connectivity index is 1.23. The first-order valence-corrected chi connectivity index (χ1v) is 24.0. The zero-order valence-electron chi connectivity index (χ0n) is 39.4. The van der Waals surface area contributed by atoms with Gasteiger partial charge < -0.3 is 49.1 Å². The van der Waals surface area contributed by atoms with Gasteiger partial charge >= 0.3 is 12.1 Å². The molecule has 5 heterocycles. The van der Waals surface area contributed by atoms with Crippen LogP contribution in [0.2, 0.25) is 0 Å². The number of carboxylic acids is 1. The topological polar surface area (TPSA) is 179 Å². The van der Waals surface area contributed by atoms with Crippen molar-refractivity contribution in [1.29, 1.82) is 0 Å². The largest absolute Gasteiger partial charge is 0.481 e. The maximum absolute atomic E-state index is 14.7. The molecule has 13 heteroatoms. The number of ketones is 1. The number of benzene rings is 1. The SMILES string of the molecule is CC[C@@H](C(=O)[C@@H](C)[C@@H](O)[C@H](C)[C@@H]1O[C@@H]([C@@H](CC)C(=O)O)CCC1C)[C@H]1O[C@]2(C=C[C@@H](OC(=O)NCc3ccccc3)[C@]3(CC[C@@](C)([C@H]4CC[C@](O)(CC)[C@H](C)O4)O3)O2)[C@H](C)C[C@@H]1C. The Hall–Kier alpha value is -2.91. The van der Waals surface area contributed by atoms with E-state index < -0.39 is 95.1 Å². The van der Waals surface area contributed by atoms with Gasteiger partial charge in [-0.2, -0.15) is 0 Å². The Morgan fingerprint density at radius 1 is 0.889 bits per heavy atom. The van der Waals surface area contributed by atoms with E-state index in [2.05, 4.69) is 26.1 Å². The second-order valence-corrected chi connectivity index (χ2v) is 20.1. The van der Waals surface area contributed by atoms with Gasteiger partial charge in [0.15, 0.2) is 11.9 Å². The van der Waals surface area contributed by atoms with E-state index in [1.165, 1.54) is 0 Å². The van der Waals surface area contributed by atoms with Crippen molar-refractivity contribution in [2.24, 2.45) is 41.4 Å². The molecule has 5 aliphatic heterocycles. The zero-order chi connectivity index (χ0) is 46.1. The Bertz CT molecular complexity index is 1760. The molecule has 0 saturated carbocycles. The van der Waals surface area contributed by atoms with Crippen molar-refractivity contribution in [3.8, 4) is 0 Å². The van der Waals surface area contributed by atoms with Crippen molar-refractivity contribution in [1.82, 2.24) is 5.32 Å². The maximum Gasteiger partial charge on any atom is 0.408 e. The summed E-state index contributed by atoms with van der Waals surface area (Å²) >= 11 is 0. The summed E-state index contributed by atoms with van der Waals surface area (Å²) in [7, 11) is 0. The number of carbonyl (C=O) groups excluding carboxylic acids is 2. The van der Waals surface area contributed by atoms with Gasteiger partial charge in [-0.3, -0.25) is 9.59 Å².